The first kappa shape index (κ1) is 15.0. The van der Waals surface area contributed by atoms with Crippen LogP contribution in [0.1, 0.15) is 58.3 Å². The molecule has 0 amide bonds. The second kappa shape index (κ2) is 7.39. The third kappa shape index (κ3) is 4.03. The predicted molar refractivity (Wildman–Crippen MR) is 77.0 cm³/mol. The standard InChI is InChI=1S/C16H29NO2/c1-2-4-13-7-8-16(19)14(11-13)12-17(9-10-18)15-5-3-6-15/h13-15,18H,2-12H2,1H3. The zero-order valence-corrected chi connectivity index (χ0v) is 12.3. The SMILES string of the molecule is CCCC1CCC(=O)C(CN(CCO)C2CCC2)C1. The van der Waals surface area contributed by atoms with Gasteiger partial charge in [0.2, 0.25) is 0 Å². The second-order valence-electron chi connectivity index (χ2n) is 6.40. The van der Waals surface area contributed by atoms with E-state index in [-0.39, 0.29) is 12.5 Å². The summed E-state index contributed by atoms with van der Waals surface area (Å²) in [5.41, 5.74) is 0. The van der Waals surface area contributed by atoms with Gasteiger partial charge < -0.3 is 5.11 Å². The smallest absolute Gasteiger partial charge is 0.137 e. The van der Waals surface area contributed by atoms with E-state index in [1.54, 1.807) is 0 Å². The highest BCUT2D eigenvalue weighted by molar-refractivity contribution is 5.82. The van der Waals surface area contributed by atoms with Gasteiger partial charge in [0, 0.05) is 31.5 Å². The van der Waals surface area contributed by atoms with Crippen LogP contribution in [0.15, 0.2) is 0 Å². The quantitative estimate of drug-likeness (QED) is 0.771. The molecule has 0 spiro atoms. The number of Topliss-reactive ketones (excluding diaryl/α,β-unsaturated/α-hetero) is 1. The van der Waals surface area contributed by atoms with Crippen molar-refractivity contribution in [3.8, 4) is 0 Å². The Kier molecular flexibility index (Phi) is 5.83. The van der Waals surface area contributed by atoms with Gasteiger partial charge in [0.1, 0.15) is 5.78 Å². The van der Waals surface area contributed by atoms with Crippen molar-refractivity contribution in [1.82, 2.24) is 4.90 Å². The molecule has 3 nitrogen and oxygen atoms in total. The minimum Gasteiger partial charge on any atom is -0.395 e. The summed E-state index contributed by atoms with van der Waals surface area (Å²) in [5.74, 6) is 1.46. The van der Waals surface area contributed by atoms with Gasteiger partial charge >= 0.3 is 0 Å². The molecule has 2 aliphatic rings. The minimum absolute atomic E-state index is 0.218. The van der Waals surface area contributed by atoms with Gasteiger partial charge in [-0.15, -0.1) is 0 Å². The van der Waals surface area contributed by atoms with Gasteiger partial charge in [0.05, 0.1) is 6.61 Å². The average Bonchev–Trinajstić information content (AvgIpc) is 2.32. The molecule has 2 rings (SSSR count). The summed E-state index contributed by atoms with van der Waals surface area (Å²) in [6, 6.07) is 0.631. The Bertz CT molecular complexity index is 288. The Morgan fingerprint density at radius 2 is 2.11 bits per heavy atom. The van der Waals surface area contributed by atoms with Gasteiger partial charge in [-0.1, -0.05) is 26.2 Å². The number of rotatable bonds is 7. The first-order chi connectivity index (χ1) is 9.24. The maximum atomic E-state index is 12.1. The molecule has 0 aromatic rings. The number of hydrogen-bond donors (Lipinski definition) is 1. The second-order valence-corrected chi connectivity index (χ2v) is 6.40. The first-order valence-corrected chi connectivity index (χ1v) is 8.12. The van der Waals surface area contributed by atoms with Crippen molar-refractivity contribution in [2.24, 2.45) is 11.8 Å². The monoisotopic (exact) mass is 267 g/mol. The maximum Gasteiger partial charge on any atom is 0.137 e. The molecule has 0 heterocycles. The van der Waals surface area contributed by atoms with Crippen molar-refractivity contribution >= 4 is 5.78 Å². The van der Waals surface area contributed by atoms with Crippen molar-refractivity contribution in [3.05, 3.63) is 0 Å². The highest BCUT2D eigenvalue weighted by Crippen LogP contribution is 2.32. The molecule has 0 aliphatic heterocycles. The molecule has 3 heteroatoms. The fourth-order valence-electron chi connectivity index (χ4n) is 3.64. The van der Waals surface area contributed by atoms with E-state index in [9.17, 15) is 9.90 Å². The lowest BCUT2D eigenvalue weighted by Gasteiger charge is -2.40. The van der Waals surface area contributed by atoms with Gasteiger partial charge in [-0.3, -0.25) is 9.69 Å². The number of aliphatic hydroxyl groups is 1. The fraction of sp³-hybridized carbons (Fsp3) is 0.938. The Balaban J connectivity index is 1.88. The van der Waals surface area contributed by atoms with Crippen LogP contribution in [0.2, 0.25) is 0 Å². The van der Waals surface area contributed by atoms with Crippen molar-refractivity contribution in [1.29, 1.82) is 0 Å². The molecular formula is C16H29NO2. The molecule has 1 N–H and O–H groups in total. The lowest BCUT2D eigenvalue weighted by molar-refractivity contribution is -0.127. The molecule has 2 fully saturated rings. The molecular weight excluding hydrogens is 238 g/mol. The molecule has 2 saturated carbocycles. The molecule has 2 aliphatic carbocycles. The number of carbonyl (C=O) groups is 1. The normalized spacial score (nSPS) is 28.7. The van der Waals surface area contributed by atoms with E-state index in [0.717, 1.165) is 38.3 Å². The zero-order valence-electron chi connectivity index (χ0n) is 12.3. The van der Waals surface area contributed by atoms with Crippen LogP contribution in [0, 0.1) is 11.8 Å². The maximum absolute atomic E-state index is 12.1. The highest BCUT2D eigenvalue weighted by atomic mass is 16.3. The summed E-state index contributed by atoms with van der Waals surface area (Å²) >= 11 is 0. The van der Waals surface area contributed by atoms with E-state index in [1.807, 2.05) is 0 Å². The van der Waals surface area contributed by atoms with Crippen LogP contribution < -0.4 is 0 Å². The highest BCUT2D eigenvalue weighted by Gasteiger charge is 2.32. The van der Waals surface area contributed by atoms with Crippen LogP contribution >= 0.6 is 0 Å². The summed E-state index contributed by atoms with van der Waals surface area (Å²) in [6.07, 6.45) is 9.28. The van der Waals surface area contributed by atoms with Gasteiger partial charge in [-0.05, 0) is 31.6 Å². The predicted octanol–water partition coefficient (Wildman–Crippen LogP) is 2.62. The lowest BCUT2D eigenvalue weighted by Crippen LogP contribution is -2.46. The summed E-state index contributed by atoms with van der Waals surface area (Å²) in [7, 11) is 0. The molecule has 0 aromatic heterocycles. The molecule has 0 saturated heterocycles. The van der Waals surface area contributed by atoms with Crippen LogP contribution in [0.3, 0.4) is 0 Å². The van der Waals surface area contributed by atoms with Crippen LogP contribution in [0.25, 0.3) is 0 Å². The van der Waals surface area contributed by atoms with E-state index in [4.69, 9.17) is 0 Å². The van der Waals surface area contributed by atoms with Crippen molar-refractivity contribution in [2.75, 3.05) is 19.7 Å². The van der Waals surface area contributed by atoms with Gasteiger partial charge in [0.15, 0.2) is 0 Å². The number of carbonyl (C=O) groups excluding carboxylic acids is 1. The van der Waals surface area contributed by atoms with E-state index in [2.05, 4.69) is 11.8 Å². The largest absolute Gasteiger partial charge is 0.395 e. The summed E-state index contributed by atoms with van der Waals surface area (Å²) in [6.45, 7) is 4.09. The third-order valence-corrected chi connectivity index (χ3v) is 5.00. The summed E-state index contributed by atoms with van der Waals surface area (Å²) in [5, 5.41) is 9.21. The number of aliphatic hydroxyl groups excluding tert-OH is 1. The van der Waals surface area contributed by atoms with E-state index in [1.165, 1.54) is 32.1 Å². The average molecular weight is 267 g/mol. The van der Waals surface area contributed by atoms with Gasteiger partial charge in [-0.25, -0.2) is 0 Å². The summed E-state index contributed by atoms with van der Waals surface area (Å²) in [4.78, 5) is 14.5. The molecule has 2 atom stereocenters. The van der Waals surface area contributed by atoms with E-state index >= 15 is 0 Å². The number of hydrogen-bond acceptors (Lipinski definition) is 3. The molecule has 0 aromatic carbocycles. The zero-order chi connectivity index (χ0) is 13.7. The van der Waals surface area contributed by atoms with Gasteiger partial charge in [-0.2, -0.15) is 0 Å². The number of ketones is 1. The van der Waals surface area contributed by atoms with Crippen LogP contribution in [0.5, 0.6) is 0 Å². The summed E-state index contributed by atoms with van der Waals surface area (Å²) < 4.78 is 0. The Morgan fingerprint density at radius 1 is 1.32 bits per heavy atom. The van der Waals surface area contributed by atoms with Crippen molar-refractivity contribution in [2.45, 2.75) is 64.3 Å². The third-order valence-electron chi connectivity index (χ3n) is 5.00. The van der Waals surface area contributed by atoms with Crippen molar-refractivity contribution < 1.29 is 9.90 Å². The topological polar surface area (TPSA) is 40.5 Å². The van der Waals surface area contributed by atoms with Crippen LogP contribution in [0.4, 0.5) is 0 Å². The Hall–Kier alpha value is -0.410. The molecule has 2 unspecified atom stereocenters. The van der Waals surface area contributed by atoms with Crippen molar-refractivity contribution in [3.63, 3.8) is 0 Å². The molecule has 110 valence electrons. The van der Waals surface area contributed by atoms with Gasteiger partial charge in [0.25, 0.3) is 0 Å². The molecule has 19 heavy (non-hydrogen) atoms. The fourth-order valence-corrected chi connectivity index (χ4v) is 3.64. The Morgan fingerprint density at radius 3 is 2.68 bits per heavy atom. The Labute approximate surface area is 117 Å². The lowest BCUT2D eigenvalue weighted by atomic mass is 9.78. The number of nitrogens with zero attached hydrogens (tertiary/aromatic N) is 1. The van der Waals surface area contributed by atoms with E-state index < -0.39 is 0 Å². The minimum atomic E-state index is 0.218. The van der Waals surface area contributed by atoms with E-state index in [0.29, 0.717) is 11.8 Å². The van der Waals surface area contributed by atoms with Crippen LogP contribution in [-0.4, -0.2) is 41.5 Å². The van der Waals surface area contributed by atoms with Crippen LogP contribution in [-0.2, 0) is 4.79 Å². The molecule has 0 radical (unpaired) electrons. The molecule has 0 bridgehead atoms. The first-order valence-electron chi connectivity index (χ1n) is 8.12.